The summed E-state index contributed by atoms with van der Waals surface area (Å²) in [4.78, 5) is 19.8. The van der Waals surface area contributed by atoms with Crippen LogP contribution in [0.25, 0.3) is 0 Å². The number of hydrogen-bond donors (Lipinski definition) is 0. The van der Waals surface area contributed by atoms with E-state index in [2.05, 4.69) is 40.1 Å². The molecule has 0 radical (unpaired) electrons. The monoisotopic (exact) mass is 423 g/mol. The molecule has 6 heteroatoms. The third-order valence-corrected chi connectivity index (χ3v) is 6.48. The molecule has 2 fully saturated rings. The van der Waals surface area contributed by atoms with Crippen molar-refractivity contribution in [3.63, 3.8) is 0 Å². The molecule has 2 aliphatic rings. The van der Waals surface area contributed by atoms with E-state index in [9.17, 15) is 4.79 Å². The topological polar surface area (TPSA) is 45.2 Å². The second kappa shape index (κ2) is 10.2. The molecule has 2 saturated heterocycles. The average Bonchev–Trinajstić information content (AvgIpc) is 3.27. The van der Waals surface area contributed by atoms with Gasteiger partial charge in [-0.2, -0.15) is 0 Å². The van der Waals surface area contributed by atoms with E-state index >= 15 is 0 Å². The quantitative estimate of drug-likeness (QED) is 0.685. The molecule has 0 spiro atoms. The summed E-state index contributed by atoms with van der Waals surface area (Å²) in [5.41, 5.74) is 2.47. The smallest absolute Gasteiger partial charge is 0.236 e. The van der Waals surface area contributed by atoms with Crippen LogP contribution in [0, 0.1) is 0 Å². The molecule has 0 aromatic heterocycles. The molecule has 6 nitrogen and oxygen atoms in total. The predicted molar refractivity (Wildman–Crippen MR) is 121 cm³/mol. The summed E-state index contributed by atoms with van der Waals surface area (Å²) in [5, 5.41) is 0. The maximum Gasteiger partial charge on any atom is 0.236 e. The SMILES string of the molecule is COc1ccc([C@@H]2CCCN2CC(=O)N2CCN(Cc3ccccc3)CC2)c(OC)c1. The Morgan fingerprint density at radius 2 is 1.74 bits per heavy atom. The number of rotatable bonds is 7. The number of nitrogens with zero attached hydrogens (tertiary/aromatic N) is 3. The van der Waals surface area contributed by atoms with E-state index < -0.39 is 0 Å². The van der Waals surface area contributed by atoms with Crippen LogP contribution in [0.1, 0.15) is 30.0 Å². The molecule has 0 N–H and O–H groups in total. The second-order valence-electron chi connectivity index (χ2n) is 8.38. The van der Waals surface area contributed by atoms with Crippen LogP contribution < -0.4 is 9.47 Å². The number of benzene rings is 2. The largest absolute Gasteiger partial charge is 0.497 e. The lowest BCUT2D eigenvalue weighted by atomic mass is 10.0. The minimum atomic E-state index is 0.212. The van der Waals surface area contributed by atoms with E-state index in [1.807, 2.05) is 23.1 Å². The highest BCUT2D eigenvalue weighted by atomic mass is 16.5. The minimum Gasteiger partial charge on any atom is -0.497 e. The van der Waals surface area contributed by atoms with Crippen molar-refractivity contribution < 1.29 is 14.3 Å². The summed E-state index contributed by atoms with van der Waals surface area (Å²) < 4.78 is 11.0. The molecule has 0 saturated carbocycles. The van der Waals surface area contributed by atoms with Gasteiger partial charge in [0.05, 0.1) is 20.8 Å². The highest BCUT2D eigenvalue weighted by Crippen LogP contribution is 2.38. The van der Waals surface area contributed by atoms with Gasteiger partial charge in [-0.1, -0.05) is 36.4 Å². The van der Waals surface area contributed by atoms with E-state index in [0.717, 1.165) is 69.2 Å². The van der Waals surface area contributed by atoms with Gasteiger partial charge in [0.25, 0.3) is 0 Å². The van der Waals surface area contributed by atoms with E-state index in [4.69, 9.17) is 9.47 Å². The normalized spacial score (nSPS) is 20.1. The Bertz CT molecular complexity index is 866. The van der Waals surface area contributed by atoms with Gasteiger partial charge in [-0.05, 0) is 31.0 Å². The maximum atomic E-state index is 13.1. The van der Waals surface area contributed by atoms with Crippen molar-refractivity contribution >= 4 is 5.91 Å². The zero-order chi connectivity index (χ0) is 21.6. The highest BCUT2D eigenvalue weighted by Gasteiger charge is 2.31. The molecular weight excluding hydrogens is 390 g/mol. The van der Waals surface area contributed by atoms with Crippen molar-refractivity contribution in [3.8, 4) is 11.5 Å². The Morgan fingerprint density at radius 3 is 2.45 bits per heavy atom. The van der Waals surface area contributed by atoms with Gasteiger partial charge in [0, 0.05) is 50.4 Å². The summed E-state index contributed by atoms with van der Waals surface area (Å²) in [6, 6.07) is 16.7. The highest BCUT2D eigenvalue weighted by molar-refractivity contribution is 5.78. The van der Waals surface area contributed by atoms with Gasteiger partial charge in [0.1, 0.15) is 11.5 Å². The molecule has 0 unspecified atom stereocenters. The van der Waals surface area contributed by atoms with Crippen molar-refractivity contribution in [2.24, 2.45) is 0 Å². The Balaban J connectivity index is 1.33. The lowest BCUT2D eigenvalue weighted by Gasteiger charge is -2.36. The van der Waals surface area contributed by atoms with Crippen LogP contribution in [-0.2, 0) is 11.3 Å². The second-order valence-corrected chi connectivity index (χ2v) is 8.38. The van der Waals surface area contributed by atoms with Crippen molar-refractivity contribution in [2.45, 2.75) is 25.4 Å². The van der Waals surface area contributed by atoms with E-state index in [0.29, 0.717) is 6.54 Å². The van der Waals surface area contributed by atoms with E-state index in [1.54, 1.807) is 14.2 Å². The van der Waals surface area contributed by atoms with Crippen LogP contribution in [0.2, 0.25) is 0 Å². The fourth-order valence-corrected chi connectivity index (χ4v) is 4.73. The third kappa shape index (κ3) is 5.20. The number of carbonyl (C=O) groups excluding carboxylic acids is 1. The first-order chi connectivity index (χ1) is 15.2. The number of likely N-dealkylation sites (tertiary alicyclic amines) is 1. The Morgan fingerprint density at radius 1 is 0.968 bits per heavy atom. The first kappa shape index (κ1) is 21.7. The van der Waals surface area contributed by atoms with Crippen molar-refractivity contribution in [3.05, 3.63) is 59.7 Å². The van der Waals surface area contributed by atoms with Gasteiger partial charge < -0.3 is 14.4 Å². The van der Waals surface area contributed by atoms with E-state index in [1.165, 1.54) is 5.56 Å². The third-order valence-electron chi connectivity index (χ3n) is 6.48. The molecule has 4 rings (SSSR count). The first-order valence-corrected chi connectivity index (χ1v) is 11.2. The molecule has 31 heavy (non-hydrogen) atoms. The molecular formula is C25H33N3O3. The predicted octanol–water partition coefficient (Wildman–Crippen LogP) is 3.19. The lowest BCUT2D eigenvalue weighted by molar-refractivity contribution is -0.134. The lowest BCUT2D eigenvalue weighted by Crippen LogP contribution is -2.50. The number of carbonyl (C=O) groups is 1. The molecule has 2 heterocycles. The first-order valence-electron chi connectivity index (χ1n) is 11.2. The van der Waals surface area contributed by atoms with E-state index in [-0.39, 0.29) is 11.9 Å². The molecule has 1 atom stereocenters. The molecule has 0 aliphatic carbocycles. The Labute approximate surface area is 185 Å². The van der Waals surface area contributed by atoms with Crippen molar-refractivity contribution in [1.82, 2.24) is 14.7 Å². The fraction of sp³-hybridized carbons (Fsp3) is 0.480. The fourth-order valence-electron chi connectivity index (χ4n) is 4.73. The molecule has 2 aromatic rings. The van der Waals surface area contributed by atoms with Crippen molar-refractivity contribution in [2.75, 3.05) is 53.5 Å². The number of piperazine rings is 1. The minimum absolute atomic E-state index is 0.212. The number of amides is 1. The Kier molecular flexibility index (Phi) is 7.10. The molecule has 2 aromatic carbocycles. The summed E-state index contributed by atoms with van der Waals surface area (Å²) in [6.45, 7) is 5.82. The van der Waals surface area contributed by atoms with Crippen LogP contribution >= 0.6 is 0 Å². The summed E-state index contributed by atoms with van der Waals surface area (Å²) in [6.07, 6.45) is 2.14. The van der Waals surface area contributed by atoms with Gasteiger partial charge in [-0.15, -0.1) is 0 Å². The summed E-state index contributed by atoms with van der Waals surface area (Å²) in [7, 11) is 3.35. The van der Waals surface area contributed by atoms with Gasteiger partial charge in [0.15, 0.2) is 0 Å². The zero-order valence-corrected chi connectivity index (χ0v) is 18.6. The molecule has 1 amide bonds. The summed E-state index contributed by atoms with van der Waals surface area (Å²) >= 11 is 0. The number of methoxy groups -OCH3 is 2. The maximum absolute atomic E-state index is 13.1. The van der Waals surface area contributed by atoms with Gasteiger partial charge >= 0.3 is 0 Å². The van der Waals surface area contributed by atoms with Gasteiger partial charge in [0.2, 0.25) is 5.91 Å². The molecule has 2 aliphatic heterocycles. The van der Waals surface area contributed by atoms with Gasteiger partial charge in [-0.3, -0.25) is 14.6 Å². The van der Waals surface area contributed by atoms with Crippen LogP contribution in [0.5, 0.6) is 11.5 Å². The van der Waals surface area contributed by atoms with Crippen LogP contribution in [0.4, 0.5) is 0 Å². The molecule has 166 valence electrons. The zero-order valence-electron chi connectivity index (χ0n) is 18.6. The van der Waals surface area contributed by atoms with Crippen LogP contribution in [0.15, 0.2) is 48.5 Å². The average molecular weight is 424 g/mol. The standard InChI is InChI=1S/C25H33N3O3/c1-30-21-10-11-22(24(17-21)31-2)23-9-6-12-28(23)19-25(29)27-15-13-26(14-16-27)18-20-7-4-3-5-8-20/h3-5,7-8,10-11,17,23H,6,9,12-16,18-19H2,1-2H3/t23-/m0/s1. The Hall–Kier alpha value is -2.57. The summed E-state index contributed by atoms with van der Waals surface area (Å²) in [5.74, 6) is 1.85. The number of ether oxygens (including phenoxy) is 2. The molecule has 0 bridgehead atoms. The van der Waals surface area contributed by atoms with Crippen molar-refractivity contribution in [1.29, 1.82) is 0 Å². The van der Waals surface area contributed by atoms with Crippen LogP contribution in [-0.4, -0.2) is 74.1 Å². The number of hydrogen-bond acceptors (Lipinski definition) is 5. The van der Waals surface area contributed by atoms with Crippen LogP contribution in [0.3, 0.4) is 0 Å². The van der Waals surface area contributed by atoms with Gasteiger partial charge in [-0.25, -0.2) is 0 Å².